The Balaban J connectivity index is 2.34. The molecule has 0 atom stereocenters. The lowest BCUT2D eigenvalue weighted by molar-refractivity contribution is 0.0698. The van der Waals surface area contributed by atoms with E-state index in [1.807, 2.05) is 0 Å². The largest absolute Gasteiger partial charge is 0.495 e. The van der Waals surface area contributed by atoms with Crippen molar-refractivity contribution in [1.82, 2.24) is 0 Å². The number of carboxylic acid groups (broad SMARTS) is 1. The molecular formula is C17H18N2O5S. The number of hydrazone groups is 1. The van der Waals surface area contributed by atoms with Gasteiger partial charge in [-0.15, -0.1) is 0 Å². The first-order valence-corrected chi connectivity index (χ1v) is 9.14. The van der Waals surface area contributed by atoms with Crippen molar-refractivity contribution in [3.63, 3.8) is 0 Å². The van der Waals surface area contributed by atoms with Crippen molar-refractivity contribution in [2.75, 3.05) is 18.8 Å². The van der Waals surface area contributed by atoms with Crippen LogP contribution in [0.1, 0.15) is 22.8 Å². The van der Waals surface area contributed by atoms with Crippen molar-refractivity contribution in [1.29, 1.82) is 0 Å². The molecule has 0 unspecified atom stereocenters. The molecule has 2 aromatic carbocycles. The van der Waals surface area contributed by atoms with E-state index in [4.69, 9.17) is 9.84 Å². The predicted octanol–water partition coefficient (Wildman–Crippen LogP) is 2.63. The number of nitrogens with zero attached hydrogens (tertiary/aromatic N) is 1. The summed E-state index contributed by atoms with van der Waals surface area (Å²) in [5.41, 5.74) is 4.36. The second-order valence-electron chi connectivity index (χ2n) is 5.30. The lowest BCUT2D eigenvalue weighted by Gasteiger charge is -2.10. The third-order valence-electron chi connectivity index (χ3n) is 3.48. The minimum Gasteiger partial charge on any atom is -0.495 e. The van der Waals surface area contributed by atoms with Crippen LogP contribution in [0.25, 0.3) is 0 Å². The van der Waals surface area contributed by atoms with Crippen molar-refractivity contribution in [3.8, 4) is 5.75 Å². The van der Waals surface area contributed by atoms with Crippen LogP contribution >= 0.6 is 0 Å². The molecule has 0 amide bonds. The van der Waals surface area contributed by atoms with Crippen LogP contribution in [0.3, 0.4) is 0 Å². The van der Waals surface area contributed by atoms with Gasteiger partial charge in [-0.05, 0) is 31.2 Å². The summed E-state index contributed by atoms with van der Waals surface area (Å²) in [6.07, 6.45) is 1.11. The molecule has 0 aliphatic heterocycles. The number of carbonyl (C=O) groups is 1. The molecule has 0 spiro atoms. The zero-order valence-electron chi connectivity index (χ0n) is 14.0. The number of sulfone groups is 1. The summed E-state index contributed by atoms with van der Waals surface area (Å²) >= 11 is 0. The number of carboxylic acids is 1. The number of hydrogen-bond acceptors (Lipinski definition) is 6. The molecule has 0 saturated heterocycles. The van der Waals surface area contributed by atoms with Gasteiger partial charge in [0.15, 0.2) is 9.84 Å². The lowest BCUT2D eigenvalue weighted by atomic mass is 10.1. The third-order valence-corrected chi connectivity index (χ3v) is 4.62. The molecule has 0 heterocycles. The zero-order chi connectivity index (χ0) is 18.6. The van der Waals surface area contributed by atoms with E-state index in [9.17, 15) is 13.2 Å². The Morgan fingerprint density at radius 1 is 1.20 bits per heavy atom. The maximum Gasteiger partial charge on any atom is 0.337 e. The number of nitrogens with one attached hydrogen (secondary N) is 1. The van der Waals surface area contributed by atoms with Gasteiger partial charge >= 0.3 is 5.97 Å². The van der Waals surface area contributed by atoms with Crippen LogP contribution in [0.4, 0.5) is 5.69 Å². The third kappa shape index (κ3) is 4.36. The summed E-state index contributed by atoms with van der Waals surface area (Å²) < 4.78 is 28.6. The molecule has 0 aliphatic carbocycles. The Bertz CT molecular complexity index is 936. The van der Waals surface area contributed by atoms with E-state index in [0.29, 0.717) is 17.0 Å². The van der Waals surface area contributed by atoms with Gasteiger partial charge in [-0.2, -0.15) is 5.10 Å². The van der Waals surface area contributed by atoms with E-state index in [1.54, 1.807) is 37.3 Å². The summed E-state index contributed by atoms with van der Waals surface area (Å²) in [5, 5.41) is 13.3. The molecule has 0 aromatic heterocycles. The quantitative estimate of drug-likeness (QED) is 0.604. The summed E-state index contributed by atoms with van der Waals surface area (Å²) in [6, 6.07) is 11.0. The standard InChI is InChI=1S/C17H18N2O5S/c1-11(18-19-14-7-5-4-6-13(14)17(20)21)12-8-9-16(25(3,22)23)15(10-12)24-2/h4-10,19H,1-3H3,(H,20,21)/b18-11+. The first-order valence-electron chi connectivity index (χ1n) is 7.25. The van der Waals surface area contributed by atoms with Crippen LogP contribution in [-0.4, -0.2) is 38.6 Å². The van der Waals surface area contributed by atoms with E-state index in [1.165, 1.54) is 19.2 Å². The SMILES string of the molecule is COc1cc(/C(C)=N/Nc2ccccc2C(=O)O)ccc1S(C)(=O)=O. The summed E-state index contributed by atoms with van der Waals surface area (Å²) in [4.78, 5) is 11.3. The number of anilines is 1. The average Bonchev–Trinajstić information content (AvgIpc) is 2.58. The Labute approximate surface area is 145 Å². The molecule has 7 nitrogen and oxygen atoms in total. The van der Waals surface area contributed by atoms with Gasteiger partial charge in [0, 0.05) is 11.8 Å². The molecule has 0 aliphatic rings. The zero-order valence-corrected chi connectivity index (χ0v) is 14.8. The molecule has 2 N–H and O–H groups in total. The summed E-state index contributed by atoms with van der Waals surface area (Å²) in [6.45, 7) is 1.71. The predicted molar refractivity (Wildman–Crippen MR) is 95.3 cm³/mol. The molecule has 25 heavy (non-hydrogen) atoms. The first-order chi connectivity index (χ1) is 11.7. The Kier molecular flexibility index (Phi) is 5.43. The molecule has 0 saturated carbocycles. The molecule has 2 rings (SSSR count). The van der Waals surface area contributed by atoms with Gasteiger partial charge in [0.25, 0.3) is 0 Å². The number of methoxy groups -OCH3 is 1. The number of ether oxygens (including phenoxy) is 1. The fourth-order valence-corrected chi connectivity index (χ4v) is 3.00. The molecule has 132 valence electrons. The Hall–Kier alpha value is -2.87. The highest BCUT2D eigenvalue weighted by molar-refractivity contribution is 7.90. The highest BCUT2D eigenvalue weighted by atomic mass is 32.2. The normalized spacial score (nSPS) is 11.9. The van der Waals surface area contributed by atoms with Gasteiger partial charge in [-0.3, -0.25) is 5.43 Å². The van der Waals surface area contributed by atoms with Crippen LogP contribution in [0, 0.1) is 0 Å². The van der Waals surface area contributed by atoms with Crippen LogP contribution in [0.15, 0.2) is 52.5 Å². The highest BCUT2D eigenvalue weighted by Gasteiger charge is 2.15. The van der Waals surface area contributed by atoms with Crippen LogP contribution in [-0.2, 0) is 9.84 Å². The van der Waals surface area contributed by atoms with Gasteiger partial charge in [0.1, 0.15) is 10.6 Å². The molecule has 2 aromatic rings. The van der Waals surface area contributed by atoms with E-state index < -0.39 is 15.8 Å². The van der Waals surface area contributed by atoms with E-state index >= 15 is 0 Å². The smallest absolute Gasteiger partial charge is 0.337 e. The van der Waals surface area contributed by atoms with Gasteiger partial charge in [-0.25, -0.2) is 13.2 Å². The lowest BCUT2D eigenvalue weighted by Crippen LogP contribution is -2.06. The molecule has 0 radical (unpaired) electrons. The minimum atomic E-state index is -3.40. The summed E-state index contributed by atoms with van der Waals surface area (Å²) in [5.74, 6) is -0.837. The van der Waals surface area contributed by atoms with Gasteiger partial charge in [-0.1, -0.05) is 18.2 Å². The van der Waals surface area contributed by atoms with E-state index in [-0.39, 0.29) is 16.2 Å². The minimum absolute atomic E-state index is 0.0933. The topological polar surface area (TPSA) is 105 Å². The fourth-order valence-electron chi connectivity index (χ4n) is 2.17. The highest BCUT2D eigenvalue weighted by Crippen LogP contribution is 2.25. The molecule has 0 fully saturated rings. The van der Waals surface area contributed by atoms with Crippen LogP contribution in [0.5, 0.6) is 5.75 Å². The summed E-state index contributed by atoms with van der Waals surface area (Å²) in [7, 11) is -2.01. The fraction of sp³-hybridized carbons (Fsp3) is 0.176. The van der Waals surface area contributed by atoms with Crippen LogP contribution < -0.4 is 10.2 Å². The van der Waals surface area contributed by atoms with Crippen molar-refractivity contribution >= 4 is 27.2 Å². The van der Waals surface area contributed by atoms with Crippen molar-refractivity contribution < 1.29 is 23.1 Å². The van der Waals surface area contributed by atoms with Crippen LogP contribution in [0.2, 0.25) is 0 Å². The van der Waals surface area contributed by atoms with Gasteiger partial charge in [0.2, 0.25) is 0 Å². The molecule has 8 heteroatoms. The van der Waals surface area contributed by atoms with Gasteiger partial charge in [0.05, 0.1) is 24.1 Å². The van der Waals surface area contributed by atoms with Crippen molar-refractivity contribution in [3.05, 3.63) is 53.6 Å². The molecular weight excluding hydrogens is 344 g/mol. The second kappa shape index (κ2) is 7.35. The maximum atomic E-state index is 11.7. The maximum absolute atomic E-state index is 11.7. The second-order valence-corrected chi connectivity index (χ2v) is 7.28. The monoisotopic (exact) mass is 362 g/mol. The first kappa shape index (κ1) is 18.5. The Morgan fingerprint density at radius 2 is 1.88 bits per heavy atom. The Morgan fingerprint density at radius 3 is 2.48 bits per heavy atom. The number of para-hydroxylation sites is 1. The van der Waals surface area contributed by atoms with Gasteiger partial charge < -0.3 is 9.84 Å². The van der Waals surface area contributed by atoms with E-state index in [2.05, 4.69) is 10.5 Å². The van der Waals surface area contributed by atoms with Crippen molar-refractivity contribution in [2.45, 2.75) is 11.8 Å². The number of rotatable bonds is 6. The number of aromatic carboxylic acids is 1. The number of hydrogen-bond donors (Lipinski definition) is 2. The van der Waals surface area contributed by atoms with Crippen molar-refractivity contribution in [2.24, 2.45) is 5.10 Å². The van der Waals surface area contributed by atoms with E-state index in [0.717, 1.165) is 6.26 Å². The molecule has 0 bridgehead atoms. The number of benzene rings is 2. The average molecular weight is 362 g/mol.